The van der Waals surface area contributed by atoms with Gasteiger partial charge in [-0.3, -0.25) is 14.4 Å². The van der Waals surface area contributed by atoms with Crippen molar-refractivity contribution >= 4 is 46.6 Å². The first-order valence-electron chi connectivity index (χ1n) is 10.2. The summed E-state index contributed by atoms with van der Waals surface area (Å²) in [5.74, 6) is -1.27. The number of rotatable bonds is 8. The summed E-state index contributed by atoms with van der Waals surface area (Å²) in [6.07, 6.45) is -0.656. The van der Waals surface area contributed by atoms with Gasteiger partial charge in [-0.05, 0) is 30.3 Å². The number of hydrogen-bond acceptors (Lipinski definition) is 5. The summed E-state index contributed by atoms with van der Waals surface area (Å²) in [6, 6.07) is 8.66. The van der Waals surface area contributed by atoms with Gasteiger partial charge in [0.1, 0.15) is 17.3 Å². The van der Waals surface area contributed by atoms with Crippen molar-refractivity contribution in [1.29, 1.82) is 0 Å². The molecule has 8 nitrogen and oxygen atoms in total. The summed E-state index contributed by atoms with van der Waals surface area (Å²) < 4.78 is 24.4. The van der Waals surface area contributed by atoms with Crippen molar-refractivity contribution in [2.24, 2.45) is 0 Å². The second kappa shape index (κ2) is 11.2. The predicted octanol–water partition coefficient (Wildman–Crippen LogP) is 3.46. The van der Waals surface area contributed by atoms with Gasteiger partial charge < -0.3 is 25.0 Å². The van der Waals surface area contributed by atoms with Gasteiger partial charge in [0, 0.05) is 36.7 Å². The van der Waals surface area contributed by atoms with Gasteiger partial charge in [0.25, 0.3) is 11.8 Å². The molecule has 0 saturated carbocycles. The lowest BCUT2D eigenvalue weighted by molar-refractivity contribution is -0.128. The van der Waals surface area contributed by atoms with E-state index in [-0.39, 0.29) is 42.8 Å². The number of halogens is 3. The lowest BCUT2D eigenvalue weighted by atomic mass is 10.1. The summed E-state index contributed by atoms with van der Waals surface area (Å²) in [7, 11) is 0. The SMILES string of the molecule is C=C(CCNC(=O)C1CN(C(C)=O)c2cc(Cl)ccc2O1)NC(=O)COc1ccc(Cl)c(F)c1. The second-order valence-electron chi connectivity index (χ2n) is 7.41. The highest BCUT2D eigenvalue weighted by molar-refractivity contribution is 6.31. The topological polar surface area (TPSA) is 97.0 Å². The van der Waals surface area contributed by atoms with Gasteiger partial charge in [-0.15, -0.1) is 0 Å². The molecule has 0 spiro atoms. The van der Waals surface area contributed by atoms with Crippen molar-refractivity contribution < 1.29 is 28.2 Å². The van der Waals surface area contributed by atoms with Crippen LogP contribution in [0, 0.1) is 5.82 Å². The van der Waals surface area contributed by atoms with Crippen LogP contribution in [0.25, 0.3) is 0 Å². The Morgan fingerprint density at radius 1 is 1.24 bits per heavy atom. The molecule has 0 aromatic heterocycles. The zero-order valence-electron chi connectivity index (χ0n) is 18.2. The summed E-state index contributed by atoms with van der Waals surface area (Å²) in [6.45, 7) is 5.00. The summed E-state index contributed by atoms with van der Waals surface area (Å²) in [4.78, 5) is 38.0. The van der Waals surface area contributed by atoms with Gasteiger partial charge in [0.15, 0.2) is 12.7 Å². The molecule has 0 bridgehead atoms. The Labute approximate surface area is 205 Å². The molecular formula is C23H22Cl2FN3O5. The smallest absolute Gasteiger partial charge is 0.262 e. The van der Waals surface area contributed by atoms with E-state index >= 15 is 0 Å². The monoisotopic (exact) mass is 509 g/mol. The van der Waals surface area contributed by atoms with E-state index in [1.54, 1.807) is 18.2 Å². The molecule has 0 saturated heterocycles. The molecule has 1 aliphatic heterocycles. The minimum atomic E-state index is -0.909. The first-order valence-corrected chi connectivity index (χ1v) is 11.0. The Morgan fingerprint density at radius 3 is 2.71 bits per heavy atom. The molecule has 1 unspecified atom stereocenters. The molecule has 3 amide bonds. The van der Waals surface area contributed by atoms with Crippen LogP contribution in [0.1, 0.15) is 13.3 Å². The van der Waals surface area contributed by atoms with Crippen LogP contribution in [0.15, 0.2) is 48.7 Å². The number of ether oxygens (including phenoxy) is 2. The van der Waals surface area contributed by atoms with Crippen molar-refractivity contribution in [3.63, 3.8) is 0 Å². The van der Waals surface area contributed by atoms with E-state index in [1.165, 1.54) is 24.0 Å². The minimum absolute atomic E-state index is 0.0365. The number of benzene rings is 2. The number of nitrogens with zero attached hydrogens (tertiary/aromatic N) is 1. The quantitative estimate of drug-likeness (QED) is 0.567. The van der Waals surface area contributed by atoms with Crippen LogP contribution >= 0.6 is 23.2 Å². The summed E-state index contributed by atoms with van der Waals surface area (Å²) >= 11 is 11.6. The molecule has 3 rings (SSSR count). The first kappa shape index (κ1) is 25.3. The molecular weight excluding hydrogens is 488 g/mol. The number of anilines is 1. The maximum absolute atomic E-state index is 13.4. The molecule has 1 heterocycles. The first-order chi connectivity index (χ1) is 16.1. The maximum Gasteiger partial charge on any atom is 0.262 e. The molecule has 180 valence electrons. The van der Waals surface area contributed by atoms with Crippen LogP contribution in [-0.4, -0.2) is 43.5 Å². The Balaban J connectivity index is 1.43. The molecule has 0 radical (unpaired) electrons. The van der Waals surface area contributed by atoms with Gasteiger partial charge in [0.05, 0.1) is 17.3 Å². The summed E-state index contributed by atoms with van der Waals surface area (Å²) in [5, 5.41) is 5.64. The Bertz CT molecular complexity index is 1130. The van der Waals surface area contributed by atoms with Crippen molar-refractivity contribution in [2.75, 3.05) is 24.6 Å². The van der Waals surface area contributed by atoms with E-state index in [0.29, 0.717) is 22.2 Å². The number of hydrogen-bond donors (Lipinski definition) is 2. The van der Waals surface area contributed by atoms with Crippen molar-refractivity contribution in [2.45, 2.75) is 19.4 Å². The van der Waals surface area contributed by atoms with Gasteiger partial charge in [-0.25, -0.2) is 4.39 Å². The second-order valence-corrected chi connectivity index (χ2v) is 8.25. The van der Waals surface area contributed by atoms with Crippen LogP contribution in [0.4, 0.5) is 10.1 Å². The lowest BCUT2D eigenvalue weighted by Gasteiger charge is -2.33. The van der Waals surface area contributed by atoms with Crippen molar-refractivity contribution in [1.82, 2.24) is 10.6 Å². The van der Waals surface area contributed by atoms with Gasteiger partial charge in [-0.2, -0.15) is 0 Å². The van der Waals surface area contributed by atoms with E-state index in [1.807, 2.05) is 0 Å². The molecule has 2 aromatic rings. The highest BCUT2D eigenvalue weighted by Gasteiger charge is 2.32. The summed E-state index contributed by atoms with van der Waals surface area (Å²) in [5.41, 5.74) is 0.856. The number of amides is 3. The van der Waals surface area contributed by atoms with E-state index in [2.05, 4.69) is 17.2 Å². The maximum atomic E-state index is 13.4. The van der Waals surface area contributed by atoms with Gasteiger partial charge in [0.2, 0.25) is 5.91 Å². The average Bonchev–Trinajstić information content (AvgIpc) is 2.78. The average molecular weight is 510 g/mol. The molecule has 1 aliphatic rings. The fraction of sp³-hybridized carbons (Fsp3) is 0.261. The fourth-order valence-corrected chi connectivity index (χ4v) is 3.44. The van der Waals surface area contributed by atoms with Gasteiger partial charge >= 0.3 is 0 Å². The molecule has 11 heteroatoms. The fourth-order valence-electron chi connectivity index (χ4n) is 3.15. The largest absolute Gasteiger partial charge is 0.484 e. The number of nitrogens with one attached hydrogen (secondary N) is 2. The highest BCUT2D eigenvalue weighted by Crippen LogP contribution is 2.35. The Hall–Kier alpha value is -3.30. The van der Waals surface area contributed by atoms with Crippen LogP contribution in [0.5, 0.6) is 11.5 Å². The zero-order chi connectivity index (χ0) is 24.8. The normalized spacial score (nSPS) is 14.5. The number of carbonyl (C=O) groups excluding carboxylic acids is 3. The third-order valence-corrected chi connectivity index (χ3v) is 5.35. The van der Waals surface area contributed by atoms with Gasteiger partial charge in [-0.1, -0.05) is 29.8 Å². The van der Waals surface area contributed by atoms with Crippen LogP contribution in [0.3, 0.4) is 0 Å². The number of carbonyl (C=O) groups is 3. The molecule has 34 heavy (non-hydrogen) atoms. The van der Waals surface area contributed by atoms with E-state index < -0.39 is 23.7 Å². The molecule has 2 N–H and O–H groups in total. The van der Waals surface area contributed by atoms with E-state index in [0.717, 1.165) is 6.07 Å². The molecule has 0 aliphatic carbocycles. The molecule has 1 atom stereocenters. The predicted molar refractivity (Wildman–Crippen MR) is 126 cm³/mol. The lowest BCUT2D eigenvalue weighted by Crippen LogP contribution is -2.50. The third-order valence-electron chi connectivity index (χ3n) is 4.81. The van der Waals surface area contributed by atoms with E-state index in [4.69, 9.17) is 32.7 Å². The van der Waals surface area contributed by atoms with Crippen LogP contribution in [0.2, 0.25) is 10.0 Å². The third kappa shape index (κ3) is 6.61. The Kier molecular flexibility index (Phi) is 8.36. The van der Waals surface area contributed by atoms with Crippen molar-refractivity contribution in [3.8, 4) is 11.5 Å². The van der Waals surface area contributed by atoms with Crippen LogP contribution < -0.4 is 25.0 Å². The highest BCUT2D eigenvalue weighted by atomic mass is 35.5. The standard InChI is InChI=1S/C23H22Cl2FN3O5/c1-13(28-22(31)12-33-16-4-5-17(25)18(26)10-16)7-8-27-23(32)21-11-29(14(2)30)19-9-15(24)3-6-20(19)34-21/h3-6,9-10,21H,1,7-8,11-12H2,2H3,(H,27,32)(H,28,31). The van der Waals surface area contributed by atoms with E-state index in [9.17, 15) is 18.8 Å². The zero-order valence-corrected chi connectivity index (χ0v) is 19.7. The minimum Gasteiger partial charge on any atom is -0.484 e. The Morgan fingerprint density at radius 2 is 2.00 bits per heavy atom. The molecule has 0 fully saturated rings. The number of fused-ring (bicyclic) bond motifs is 1. The van der Waals surface area contributed by atoms with Crippen molar-refractivity contribution in [3.05, 3.63) is 64.5 Å². The van der Waals surface area contributed by atoms with Crippen LogP contribution in [-0.2, 0) is 14.4 Å². The molecule has 2 aromatic carbocycles.